The van der Waals surface area contributed by atoms with Crippen molar-refractivity contribution < 1.29 is 22.8 Å². The highest BCUT2D eigenvalue weighted by atomic mass is 19.4. The average molecular weight is 271 g/mol. The van der Waals surface area contributed by atoms with Crippen LogP contribution in [0, 0.1) is 12.3 Å². The summed E-state index contributed by atoms with van der Waals surface area (Å²) in [6.45, 7) is 1.85. The summed E-state index contributed by atoms with van der Waals surface area (Å²) in [6, 6.07) is 6.62. The minimum Gasteiger partial charge on any atom is -0.325 e. The van der Waals surface area contributed by atoms with Gasteiger partial charge in [0.25, 0.3) is 5.78 Å². The first-order valence-corrected chi connectivity index (χ1v) is 5.75. The summed E-state index contributed by atoms with van der Waals surface area (Å²) in [5.74, 6) is -2.83. The number of benzene rings is 1. The summed E-state index contributed by atoms with van der Waals surface area (Å²) in [6.07, 6.45) is -5.08. The number of amides is 1. The Morgan fingerprint density at radius 2 is 1.68 bits per heavy atom. The van der Waals surface area contributed by atoms with Gasteiger partial charge < -0.3 is 5.32 Å². The highest BCUT2D eigenvalue weighted by Gasteiger charge is 2.64. The van der Waals surface area contributed by atoms with Crippen molar-refractivity contribution in [3.05, 3.63) is 29.8 Å². The van der Waals surface area contributed by atoms with Crippen LogP contribution in [0.1, 0.15) is 18.4 Å². The van der Waals surface area contributed by atoms with Crippen LogP contribution >= 0.6 is 0 Å². The zero-order chi connectivity index (χ0) is 14.3. The summed E-state index contributed by atoms with van der Waals surface area (Å²) in [7, 11) is 0. The van der Waals surface area contributed by atoms with E-state index in [9.17, 15) is 22.8 Å². The number of hydrogen-bond donors (Lipinski definition) is 1. The molecule has 1 N–H and O–H groups in total. The number of Topliss-reactive ketones (excluding diaryl/α,β-unsaturated/α-hetero) is 1. The first-order chi connectivity index (χ1) is 8.75. The van der Waals surface area contributed by atoms with Crippen LogP contribution in [0.5, 0.6) is 0 Å². The molecule has 0 atom stereocenters. The van der Waals surface area contributed by atoms with Crippen LogP contribution in [0.25, 0.3) is 0 Å². The van der Waals surface area contributed by atoms with Gasteiger partial charge in [-0.15, -0.1) is 0 Å². The smallest absolute Gasteiger partial charge is 0.325 e. The van der Waals surface area contributed by atoms with Crippen molar-refractivity contribution in [2.45, 2.75) is 25.9 Å². The lowest BCUT2D eigenvalue weighted by molar-refractivity contribution is -0.178. The number of hydrogen-bond acceptors (Lipinski definition) is 2. The maximum atomic E-state index is 12.4. The Morgan fingerprint density at radius 3 is 2.11 bits per heavy atom. The lowest BCUT2D eigenvalue weighted by Gasteiger charge is -2.15. The quantitative estimate of drug-likeness (QED) is 0.859. The van der Waals surface area contributed by atoms with Crippen molar-refractivity contribution in [3.63, 3.8) is 0 Å². The molecular weight excluding hydrogens is 259 g/mol. The van der Waals surface area contributed by atoms with E-state index in [1.807, 2.05) is 6.92 Å². The molecule has 1 aliphatic carbocycles. The Labute approximate surface area is 107 Å². The predicted molar refractivity (Wildman–Crippen MR) is 62.5 cm³/mol. The fourth-order valence-electron chi connectivity index (χ4n) is 1.84. The molecule has 2 rings (SSSR count). The van der Waals surface area contributed by atoms with Gasteiger partial charge in [0.1, 0.15) is 5.41 Å². The highest BCUT2D eigenvalue weighted by Crippen LogP contribution is 2.51. The molecule has 1 aliphatic rings. The van der Waals surface area contributed by atoms with Crippen LogP contribution in [-0.2, 0) is 9.59 Å². The van der Waals surface area contributed by atoms with Gasteiger partial charge in [-0.3, -0.25) is 9.59 Å². The summed E-state index contributed by atoms with van der Waals surface area (Å²) in [5.41, 5.74) is -0.564. The minimum atomic E-state index is -4.97. The average Bonchev–Trinajstić information content (AvgIpc) is 3.11. The van der Waals surface area contributed by atoms with Crippen LogP contribution in [0.15, 0.2) is 24.3 Å². The number of ketones is 1. The molecule has 0 aliphatic heterocycles. The normalized spacial score (nSPS) is 16.8. The lowest BCUT2D eigenvalue weighted by atomic mass is 9.99. The molecular formula is C13H12F3NO2. The fraction of sp³-hybridized carbons (Fsp3) is 0.385. The van der Waals surface area contributed by atoms with E-state index in [4.69, 9.17) is 0 Å². The van der Waals surface area contributed by atoms with Gasteiger partial charge in [0, 0.05) is 5.69 Å². The van der Waals surface area contributed by atoms with Gasteiger partial charge in [0.05, 0.1) is 0 Å². The van der Waals surface area contributed by atoms with Gasteiger partial charge in [-0.2, -0.15) is 13.2 Å². The van der Waals surface area contributed by atoms with Crippen LogP contribution in [0.3, 0.4) is 0 Å². The number of nitrogens with one attached hydrogen (secondary N) is 1. The molecule has 1 aromatic carbocycles. The van der Waals surface area contributed by atoms with E-state index in [0.717, 1.165) is 5.56 Å². The molecule has 0 heterocycles. The molecule has 1 aromatic rings. The largest absolute Gasteiger partial charge is 0.451 e. The molecule has 0 bridgehead atoms. The third-order valence-corrected chi connectivity index (χ3v) is 3.19. The second-order valence-corrected chi connectivity index (χ2v) is 4.73. The van der Waals surface area contributed by atoms with Crippen LogP contribution < -0.4 is 5.32 Å². The van der Waals surface area contributed by atoms with Gasteiger partial charge in [0.15, 0.2) is 0 Å². The molecule has 0 unspecified atom stereocenters. The Kier molecular flexibility index (Phi) is 3.12. The van der Waals surface area contributed by atoms with E-state index in [-0.39, 0.29) is 12.8 Å². The monoisotopic (exact) mass is 271 g/mol. The Hall–Kier alpha value is -1.85. The Bertz CT molecular complexity index is 516. The SMILES string of the molecule is Cc1ccc(NC(=O)C2(C(=O)C(F)(F)F)CC2)cc1. The van der Waals surface area contributed by atoms with Gasteiger partial charge in [-0.05, 0) is 31.9 Å². The number of halogens is 3. The number of rotatable bonds is 3. The summed E-state index contributed by atoms with van der Waals surface area (Å²) in [4.78, 5) is 23.1. The predicted octanol–water partition coefficient (Wildman–Crippen LogP) is 2.85. The summed E-state index contributed by atoms with van der Waals surface area (Å²) < 4.78 is 37.2. The van der Waals surface area contributed by atoms with E-state index in [1.54, 1.807) is 24.3 Å². The van der Waals surface area contributed by atoms with Crippen LogP contribution in [0.4, 0.5) is 18.9 Å². The van der Waals surface area contributed by atoms with Gasteiger partial charge in [-0.25, -0.2) is 0 Å². The molecule has 0 saturated heterocycles. The van der Waals surface area contributed by atoms with Crippen molar-refractivity contribution in [1.82, 2.24) is 0 Å². The van der Waals surface area contributed by atoms with Gasteiger partial charge >= 0.3 is 6.18 Å². The number of anilines is 1. The maximum Gasteiger partial charge on any atom is 0.451 e. The number of carbonyl (C=O) groups is 2. The first-order valence-electron chi connectivity index (χ1n) is 5.75. The molecule has 0 aromatic heterocycles. The molecule has 1 fully saturated rings. The molecule has 19 heavy (non-hydrogen) atoms. The van der Waals surface area contributed by atoms with Crippen LogP contribution in [-0.4, -0.2) is 17.9 Å². The summed E-state index contributed by atoms with van der Waals surface area (Å²) in [5, 5.41) is 2.37. The molecule has 0 radical (unpaired) electrons. The third kappa shape index (κ3) is 2.62. The molecule has 3 nitrogen and oxygen atoms in total. The standard InChI is InChI=1S/C13H12F3NO2/c1-8-2-4-9(5-3-8)17-11(19)12(6-7-12)10(18)13(14,15)16/h2-5H,6-7H2,1H3,(H,17,19). The van der Waals surface area contributed by atoms with Crippen molar-refractivity contribution in [2.24, 2.45) is 5.41 Å². The van der Waals surface area contributed by atoms with Crippen molar-refractivity contribution in [3.8, 4) is 0 Å². The molecule has 102 valence electrons. The Morgan fingerprint density at radius 1 is 1.16 bits per heavy atom. The zero-order valence-electron chi connectivity index (χ0n) is 10.2. The van der Waals surface area contributed by atoms with Crippen LogP contribution in [0.2, 0.25) is 0 Å². The van der Waals surface area contributed by atoms with E-state index in [2.05, 4.69) is 5.32 Å². The molecule has 1 saturated carbocycles. The van der Waals surface area contributed by atoms with E-state index in [1.165, 1.54) is 0 Å². The minimum absolute atomic E-state index is 0.0525. The van der Waals surface area contributed by atoms with Crippen molar-refractivity contribution in [1.29, 1.82) is 0 Å². The first kappa shape index (κ1) is 13.6. The zero-order valence-corrected chi connectivity index (χ0v) is 10.2. The van der Waals surface area contributed by atoms with E-state index in [0.29, 0.717) is 5.69 Å². The van der Waals surface area contributed by atoms with Crippen molar-refractivity contribution in [2.75, 3.05) is 5.32 Å². The highest BCUT2D eigenvalue weighted by molar-refractivity contribution is 6.15. The second-order valence-electron chi connectivity index (χ2n) is 4.73. The second kappa shape index (κ2) is 4.36. The van der Waals surface area contributed by atoms with E-state index >= 15 is 0 Å². The van der Waals surface area contributed by atoms with Gasteiger partial charge in [0.2, 0.25) is 5.91 Å². The Balaban J connectivity index is 2.12. The maximum absolute atomic E-state index is 12.4. The lowest BCUT2D eigenvalue weighted by Crippen LogP contribution is -2.39. The van der Waals surface area contributed by atoms with E-state index < -0.39 is 23.3 Å². The third-order valence-electron chi connectivity index (χ3n) is 3.19. The molecule has 0 spiro atoms. The number of aryl methyl sites for hydroxylation is 1. The molecule has 6 heteroatoms. The molecule has 1 amide bonds. The summed E-state index contributed by atoms with van der Waals surface area (Å²) >= 11 is 0. The topological polar surface area (TPSA) is 46.2 Å². The van der Waals surface area contributed by atoms with Crippen molar-refractivity contribution >= 4 is 17.4 Å². The number of alkyl halides is 3. The van der Waals surface area contributed by atoms with Gasteiger partial charge in [-0.1, -0.05) is 17.7 Å². The number of carbonyl (C=O) groups excluding carboxylic acids is 2. The fourth-order valence-corrected chi connectivity index (χ4v) is 1.84.